The molecule has 0 aliphatic rings. The fourth-order valence-electron chi connectivity index (χ4n) is 0.0475. The Bertz CT molecular complexity index is 86.6. The van der Waals surface area contributed by atoms with E-state index in [4.69, 9.17) is 4.55 Å². The van der Waals surface area contributed by atoms with E-state index in [0.717, 1.165) is 0 Å². The predicted octanol–water partition coefficient (Wildman–Crippen LogP) is -4.06. The van der Waals surface area contributed by atoms with Crippen molar-refractivity contribution in [1.82, 2.24) is 0 Å². The zero-order valence-corrected chi connectivity index (χ0v) is 8.65. The molecule has 0 aliphatic carbocycles. The third kappa shape index (κ3) is 10.7. The Morgan fingerprint density at radius 2 is 1.88 bits per heavy atom. The van der Waals surface area contributed by atoms with E-state index in [0.29, 0.717) is 0 Å². The maximum Gasteiger partial charge on any atom is 1.00 e. The van der Waals surface area contributed by atoms with Gasteiger partial charge in [0.25, 0.3) is 0 Å². The summed E-state index contributed by atoms with van der Waals surface area (Å²) in [7, 11) is 0. The van der Waals surface area contributed by atoms with E-state index in [1.165, 1.54) is 0 Å². The Morgan fingerprint density at radius 1 is 1.50 bits per heavy atom. The van der Waals surface area contributed by atoms with Gasteiger partial charge in [0.2, 0.25) is 0 Å². The quantitative estimate of drug-likeness (QED) is 0.348. The van der Waals surface area contributed by atoms with Crippen LogP contribution in [0.1, 0.15) is 0 Å². The molecular weight excluding hydrogens is 183 g/mol. The zero-order chi connectivity index (χ0) is 5.86. The summed E-state index contributed by atoms with van der Waals surface area (Å²) in [4.78, 5) is 0. The van der Waals surface area contributed by atoms with E-state index in [1.54, 1.807) is 0 Å². The molecule has 0 aromatic rings. The molecule has 8 heteroatoms. The Morgan fingerprint density at radius 3 is 1.88 bits per heavy atom. The minimum Gasteiger partial charge on any atom is -0.749 e. The maximum atomic E-state index is 9.31. The van der Waals surface area contributed by atoms with Gasteiger partial charge in [0.05, 0.1) is 0 Å². The molecule has 1 N–H and O–H groups in total. The molecule has 0 spiro atoms. The normalized spacial score (nSPS) is 16.2. The average molecular weight is 184 g/mol. The van der Waals surface area contributed by atoms with Gasteiger partial charge in [-0.15, -0.1) is 0 Å². The molecule has 0 fully saturated rings. The zero-order valence-electron chi connectivity index (χ0n) is 3.90. The van der Waals surface area contributed by atoms with Gasteiger partial charge in [-0.3, -0.25) is 4.55 Å². The van der Waals surface area contributed by atoms with Crippen LogP contribution >= 0.6 is 0 Å². The van der Waals surface area contributed by atoms with Gasteiger partial charge >= 0.3 is 62.7 Å². The van der Waals surface area contributed by atoms with Gasteiger partial charge in [0.1, 0.15) is 11.4 Å². The van der Waals surface area contributed by atoms with E-state index in [1.807, 2.05) is 0 Å². The second kappa shape index (κ2) is 6.93. The summed E-state index contributed by atoms with van der Waals surface area (Å²) >= 11 is -5.60. The van der Waals surface area contributed by atoms with Crippen molar-refractivity contribution in [2.45, 2.75) is 0 Å². The molecule has 0 aromatic carbocycles. The van der Waals surface area contributed by atoms with Gasteiger partial charge < -0.3 is 4.55 Å². The summed E-state index contributed by atoms with van der Waals surface area (Å²) in [5, 5.41) is 0. The van der Waals surface area contributed by atoms with Crippen molar-refractivity contribution in [2.75, 3.05) is 0 Å². The van der Waals surface area contributed by atoms with Gasteiger partial charge in [-0.05, 0) is 0 Å². The first-order valence-electron chi connectivity index (χ1n) is 1.02. The number of rotatable bonds is 2. The minimum atomic E-state index is -2.90. The molecule has 0 saturated carbocycles. The van der Waals surface area contributed by atoms with Crippen LogP contribution in [-0.2, 0) is 26.4 Å². The standard InChI is InChI=1S/K.H2O5S2/c;1-6(2)5-7(3)4/h;(H,1,2)(H,3,4)/q+1;/p-1. The summed E-state index contributed by atoms with van der Waals surface area (Å²) in [5.74, 6) is 0. The second-order valence-corrected chi connectivity index (χ2v) is 1.88. The molecule has 5 nitrogen and oxygen atoms in total. The van der Waals surface area contributed by atoms with Crippen LogP contribution in [0.3, 0.4) is 0 Å². The fourth-order valence-corrected chi connectivity index (χ4v) is 0.428. The summed E-state index contributed by atoms with van der Waals surface area (Å²) in [6.07, 6.45) is 0. The van der Waals surface area contributed by atoms with Crippen LogP contribution in [0, 0.1) is 0 Å². The molecule has 2 atom stereocenters. The van der Waals surface area contributed by atoms with E-state index < -0.39 is 22.7 Å². The molecule has 2 unspecified atom stereocenters. The molecule has 0 aliphatic heterocycles. The molecule has 0 bridgehead atoms. The third-order valence-electron chi connectivity index (χ3n) is 0.114. The van der Waals surface area contributed by atoms with Crippen molar-refractivity contribution in [1.29, 1.82) is 0 Å². The SMILES string of the molecule is O=S([O-])OS(=O)O.[K+]. The van der Waals surface area contributed by atoms with Crippen molar-refractivity contribution in [3.05, 3.63) is 0 Å². The largest absolute Gasteiger partial charge is 1.00 e. The predicted molar refractivity (Wildman–Crippen MR) is 20.8 cm³/mol. The molecule has 0 rings (SSSR count). The van der Waals surface area contributed by atoms with Crippen molar-refractivity contribution in [3.8, 4) is 0 Å². The van der Waals surface area contributed by atoms with Crippen LogP contribution in [0.4, 0.5) is 0 Å². The topological polar surface area (TPSA) is 86.7 Å². The van der Waals surface area contributed by atoms with Crippen molar-refractivity contribution in [3.63, 3.8) is 0 Å². The maximum absolute atomic E-state index is 9.31. The van der Waals surface area contributed by atoms with Gasteiger partial charge in [0, 0.05) is 0 Å². The van der Waals surface area contributed by atoms with Crippen LogP contribution < -0.4 is 51.4 Å². The van der Waals surface area contributed by atoms with E-state index in [9.17, 15) is 13.0 Å². The molecule has 8 heavy (non-hydrogen) atoms. The monoisotopic (exact) mass is 184 g/mol. The molecule has 0 radical (unpaired) electrons. The van der Waals surface area contributed by atoms with Gasteiger partial charge in [-0.1, -0.05) is 0 Å². The summed E-state index contributed by atoms with van der Waals surface area (Å²) in [5.41, 5.74) is 0. The van der Waals surface area contributed by atoms with Gasteiger partial charge in [0.15, 0.2) is 0 Å². The number of hydrogen-bond donors (Lipinski definition) is 1. The first-order valence-corrected chi connectivity index (χ1v) is 3.05. The summed E-state index contributed by atoms with van der Waals surface area (Å²) in [6.45, 7) is 0. The first kappa shape index (κ1) is 12.5. The summed E-state index contributed by atoms with van der Waals surface area (Å²) < 4.78 is 38.5. The van der Waals surface area contributed by atoms with Crippen molar-refractivity contribution in [2.24, 2.45) is 0 Å². The first-order chi connectivity index (χ1) is 3.13. The molecule has 0 amide bonds. The van der Waals surface area contributed by atoms with Crippen LogP contribution in [-0.4, -0.2) is 17.5 Å². The van der Waals surface area contributed by atoms with E-state index in [2.05, 4.69) is 3.63 Å². The third-order valence-corrected chi connectivity index (χ3v) is 1.02. The van der Waals surface area contributed by atoms with Crippen molar-refractivity contribution >= 4 is 22.7 Å². The van der Waals surface area contributed by atoms with E-state index in [-0.39, 0.29) is 51.4 Å². The van der Waals surface area contributed by atoms with Crippen LogP contribution in [0.25, 0.3) is 0 Å². The Labute approximate surface area is 93.6 Å². The Hall–Kier alpha value is 1.82. The molecule has 0 aromatic heterocycles. The van der Waals surface area contributed by atoms with E-state index >= 15 is 0 Å². The van der Waals surface area contributed by atoms with Crippen molar-refractivity contribution < 1.29 is 72.5 Å². The second-order valence-electron chi connectivity index (χ2n) is 0.489. The Kier molecular flexibility index (Phi) is 10.8. The van der Waals surface area contributed by atoms with Crippen LogP contribution in [0.15, 0.2) is 0 Å². The number of hydrogen-bond acceptors (Lipinski definition) is 4. The molecule has 44 valence electrons. The smallest absolute Gasteiger partial charge is 0.749 e. The van der Waals surface area contributed by atoms with Crippen LogP contribution in [0.5, 0.6) is 0 Å². The molecule has 0 heterocycles. The summed E-state index contributed by atoms with van der Waals surface area (Å²) in [6, 6.07) is 0. The fraction of sp³-hybridized carbons (Fsp3) is 0. The molecule has 0 saturated heterocycles. The van der Waals surface area contributed by atoms with Crippen LogP contribution in [0.2, 0.25) is 0 Å². The molecular formula is HKO5S2. The average Bonchev–Trinajstić information content (AvgIpc) is 1.27. The van der Waals surface area contributed by atoms with Gasteiger partial charge in [-0.25, -0.2) is 4.21 Å². The minimum absolute atomic E-state index is 0. The van der Waals surface area contributed by atoms with Gasteiger partial charge in [-0.2, -0.15) is 7.84 Å². The Balaban J connectivity index is 0.